The second-order valence-electron chi connectivity index (χ2n) is 6.41. The van der Waals surface area contributed by atoms with E-state index in [1.807, 2.05) is 30.3 Å². The van der Waals surface area contributed by atoms with Crippen molar-refractivity contribution < 1.29 is 9.59 Å². The first-order chi connectivity index (χ1) is 13.7. The van der Waals surface area contributed by atoms with E-state index in [4.69, 9.17) is 5.26 Å². The average Bonchev–Trinajstić information content (AvgIpc) is 3.18. The molecule has 1 aromatic heterocycles. The number of anilines is 2. The highest BCUT2D eigenvalue weighted by molar-refractivity contribution is 6.09. The monoisotopic (exact) mass is 368 g/mol. The van der Waals surface area contributed by atoms with Crippen molar-refractivity contribution in [1.82, 2.24) is 4.98 Å². The number of pyridine rings is 1. The van der Waals surface area contributed by atoms with Crippen LogP contribution in [0.5, 0.6) is 0 Å². The number of hydrogen-bond acceptors (Lipinski definition) is 4. The molecule has 0 bridgehead atoms. The lowest BCUT2D eigenvalue weighted by Gasteiger charge is -2.17. The second-order valence-corrected chi connectivity index (χ2v) is 6.41. The summed E-state index contributed by atoms with van der Waals surface area (Å²) in [5, 5.41) is 11.6. The quantitative estimate of drug-likeness (QED) is 0.768. The van der Waals surface area contributed by atoms with Crippen molar-refractivity contribution >= 4 is 23.2 Å². The molecule has 0 saturated heterocycles. The van der Waals surface area contributed by atoms with Crippen LogP contribution in [0.4, 0.5) is 11.4 Å². The fourth-order valence-electron chi connectivity index (χ4n) is 3.22. The molecule has 3 aromatic rings. The Bertz CT molecular complexity index is 1100. The first-order valence-electron chi connectivity index (χ1n) is 8.83. The van der Waals surface area contributed by atoms with Crippen LogP contribution in [-0.4, -0.2) is 23.3 Å². The van der Waals surface area contributed by atoms with Gasteiger partial charge in [0.05, 0.1) is 11.6 Å². The van der Waals surface area contributed by atoms with Gasteiger partial charge >= 0.3 is 0 Å². The molecule has 1 N–H and O–H groups in total. The molecular weight excluding hydrogens is 352 g/mol. The van der Waals surface area contributed by atoms with Crippen LogP contribution in [0, 0.1) is 11.3 Å². The lowest BCUT2D eigenvalue weighted by Crippen LogP contribution is -2.29. The van der Waals surface area contributed by atoms with E-state index in [9.17, 15) is 9.59 Å². The number of para-hydroxylation sites is 1. The maximum absolute atomic E-state index is 12.9. The molecular formula is C22H16N4O2. The third kappa shape index (κ3) is 3.33. The van der Waals surface area contributed by atoms with E-state index in [2.05, 4.69) is 10.3 Å². The van der Waals surface area contributed by atoms with Crippen LogP contribution < -0.4 is 10.2 Å². The van der Waals surface area contributed by atoms with Gasteiger partial charge in [0.25, 0.3) is 11.8 Å². The highest BCUT2D eigenvalue weighted by Gasteiger charge is 2.25. The highest BCUT2D eigenvalue weighted by atomic mass is 16.2. The van der Waals surface area contributed by atoms with Gasteiger partial charge in [-0.15, -0.1) is 0 Å². The molecule has 0 spiro atoms. The first-order valence-corrected chi connectivity index (χ1v) is 8.83. The van der Waals surface area contributed by atoms with E-state index in [-0.39, 0.29) is 11.6 Å². The molecule has 1 aliphatic rings. The number of nitrogens with one attached hydrogen (secondary N) is 1. The molecule has 0 radical (unpaired) electrons. The van der Waals surface area contributed by atoms with Gasteiger partial charge < -0.3 is 10.2 Å². The molecule has 0 unspecified atom stereocenters. The molecule has 2 amide bonds. The summed E-state index contributed by atoms with van der Waals surface area (Å²) in [6, 6.07) is 19.5. The fraction of sp³-hybridized carbons (Fsp3) is 0.0909. The molecule has 0 fully saturated rings. The van der Waals surface area contributed by atoms with Gasteiger partial charge in [0, 0.05) is 29.7 Å². The van der Waals surface area contributed by atoms with Gasteiger partial charge in [-0.2, -0.15) is 5.26 Å². The number of aromatic nitrogens is 1. The predicted octanol–water partition coefficient (Wildman–Crippen LogP) is 3.41. The van der Waals surface area contributed by atoms with Gasteiger partial charge in [0.2, 0.25) is 0 Å². The van der Waals surface area contributed by atoms with Crippen molar-refractivity contribution in [3.05, 3.63) is 89.2 Å². The summed E-state index contributed by atoms with van der Waals surface area (Å²) in [5.41, 5.74) is 3.68. The number of carbonyl (C=O) groups is 2. The van der Waals surface area contributed by atoms with Crippen LogP contribution in [0.3, 0.4) is 0 Å². The minimum absolute atomic E-state index is 0.153. The van der Waals surface area contributed by atoms with E-state index < -0.39 is 5.91 Å². The molecule has 136 valence electrons. The van der Waals surface area contributed by atoms with Gasteiger partial charge in [0.15, 0.2) is 0 Å². The number of nitrogens with zero attached hydrogens (tertiary/aromatic N) is 3. The summed E-state index contributed by atoms with van der Waals surface area (Å²) < 4.78 is 0. The topological polar surface area (TPSA) is 86.1 Å². The Kier molecular flexibility index (Phi) is 4.56. The third-order valence-corrected chi connectivity index (χ3v) is 4.64. The molecule has 4 rings (SSSR count). The summed E-state index contributed by atoms with van der Waals surface area (Å²) in [7, 11) is 0. The zero-order chi connectivity index (χ0) is 19.5. The number of hydrogen-bond donors (Lipinski definition) is 1. The average molecular weight is 368 g/mol. The zero-order valence-electron chi connectivity index (χ0n) is 14.9. The predicted molar refractivity (Wildman–Crippen MR) is 105 cm³/mol. The van der Waals surface area contributed by atoms with Crippen molar-refractivity contribution in [2.75, 3.05) is 16.8 Å². The standard InChI is InChI=1S/C22H16N4O2/c23-14-15-5-7-18(8-6-15)25-21(27)19-13-17(9-11-24-19)22(28)26-12-10-16-3-1-2-4-20(16)26/h1-9,11,13H,10,12H2,(H,25,27). The number of rotatable bonds is 3. The minimum Gasteiger partial charge on any atom is -0.321 e. The van der Waals surface area contributed by atoms with Crippen LogP contribution in [0.15, 0.2) is 66.9 Å². The van der Waals surface area contributed by atoms with Crippen LogP contribution >= 0.6 is 0 Å². The van der Waals surface area contributed by atoms with Crippen molar-refractivity contribution in [3.8, 4) is 6.07 Å². The van der Waals surface area contributed by atoms with E-state index >= 15 is 0 Å². The molecule has 2 heterocycles. The van der Waals surface area contributed by atoms with Gasteiger partial charge in [-0.3, -0.25) is 14.6 Å². The largest absolute Gasteiger partial charge is 0.321 e. The highest BCUT2D eigenvalue weighted by Crippen LogP contribution is 2.28. The van der Waals surface area contributed by atoms with Crippen LogP contribution in [0.2, 0.25) is 0 Å². The van der Waals surface area contributed by atoms with E-state index in [0.717, 1.165) is 17.7 Å². The number of carbonyl (C=O) groups excluding carboxylic acids is 2. The lowest BCUT2D eigenvalue weighted by molar-refractivity contribution is 0.0989. The number of benzene rings is 2. The molecule has 0 aliphatic carbocycles. The summed E-state index contributed by atoms with van der Waals surface area (Å²) in [4.78, 5) is 31.3. The van der Waals surface area contributed by atoms with E-state index in [1.165, 1.54) is 12.3 Å². The molecule has 2 aromatic carbocycles. The van der Waals surface area contributed by atoms with Crippen molar-refractivity contribution in [2.24, 2.45) is 0 Å². The minimum atomic E-state index is -0.416. The number of nitriles is 1. The maximum atomic E-state index is 12.9. The molecule has 0 atom stereocenters. The summed E-state index contributed by atoms with van der Waals surface area (Å²) in [6.45, 7) is 0.618. The van der Waals surface area contributed by atoms with Crippen LogP contribution in [-0.2, 0) is 6.42 Å². The Morgan fingerprint density at radius 3 is 2.64 bits per heavy atom. The molecule has 0 saturated carbocycles. The smallest absolute Gasteiger partial charge is 0.274 e. The summed E-state index contributed by atoms with van der Waals surface area (Å²) in [5.74, 6) is -0.569. The van der Waals surface area contributed by atoms with E-state index in [0.29, 0.717) is 23.4 Å². The molecule has 28 heavy (non-hydrogen) atoms. The lowest BCUT2D eigenvalue weighted by atomic mass is 10.1. The Balaban J connectivity index is 1.53. The van der Waals surface area contributed by atoms with Gasteiger partial charge in [-0.05, 0) is 54.4 Å². The second kappa shape index (κ2) is 7.33. The fourth-order valence-corrected chi connectivity index (χ4v) is 3.22. The van der Waals surface area contributed by atoms with Gasteiger partial charge in [0.1, 0.15) is 5.69 Å². The molecule has 6 heteroatoms. The Morgan fingerprint density at radius 2 is 1.86 bits per heavy atom. The Labute approximate surface area is 162 Å². The van der Waals surface area contributed by atoms with Gasteiger partial charge in [-0.25, -0.2) is 0 Å². The normalized spacial score (nSPS) is 12.2. The SMILES string of the molecule is N#Cc1ccc(NC(=O)c2cc(C(=O)N3CCc4ccccc43)ccn2)cc1. The first kappa shape index (κ1) is 17.4. The van der Waals surface area contributed by atoms with Crippen molar-refractivity contribution in [1.29, 1.82) is 5.26 Å². The maximum Gasteiger partial charge on any atom is 0.274 e. The third-order valence-electron chi connectivity index (χ3n) is 4.64. The van der Waals surface area contributed by atoms with Crippen molar-refractivity contribution in [3.63, 3.8) is 0 Å². The van der Waals surface area contributed by atoms with Gasteiger partial charge in [-0.1, -0.05) is 18.2 Å². The number of fused-ring (bicyclic) bond motifs is 1. The summed E-state index contributed by atoms with van der Waals surface area (Å²) in [6.07, 6.45) is 2.28. The zero-order valence-corrected chi connectivity index (χ0v) is 14.9. The molecule has 6 nitrogen and oxygen atoms in total. The van der Waals surface area contributed by atoms with Crippen LogP contribution in [0.25, 0.3) is 0 Å². The number of amides is 2. The molecule has 1 aliphatic heterocycles. The van der Waals surface area contributed by atoms with Crippen molar-refractivity contribution in [2.45, 2.75) is 6.42 Å². The van der Waals surface area contributed by atoms with E-state index in [1.54, 1.807) is 35.2 Å². The Morgan fingerprint density at radius 1 is 1.07 bits per heavy atom. The Hall–Kier alpha value is -3.98. The van der Waals surface area contributed by atoms with Crippen LogP contribution in [0.1, 0.15) is 32.0 Å². The summed E-state index contributed by atoms with van der Waals surface area (Å²) >= 11 is 0.